The van der Waals surface area contributed by atoms with Crippen molar-refractivity contribution in [1.82, 2.24) is 0 Å². The van der Waals surface area contributed by atoms with E-state index in [2.05, 4.69) is 18.8 Å². The van der Waals surface area contributed by atoms with Crippen LogP contribution in [0, 0.1) is 11.3 Å². The third-order valence-electron chi connectivity index (χ3n) is 5.09. The number of rotatable bonds is 3. The summed E-state index contributed by atoms with van der Waals surface area (Å²) in [5.74, 6) is -1.21. The minimum atomic E-state index is -0.479. The molecule has 0 spiro atoms. The number of nitrogens with zero attached hydrogens (tertiary/aromatic N) is 1. The van der Waals surface area contributed by atoms with Crippen LogP contribution in [0.2, 0.25) is 0 Å². The van der Waals surface area contributed by atoms with E-state index in [1.165, 1.54) is 0 Å². The lowest BCUT2D eigenvalue weighted by molar-refractivity contribution is -0.139. The third kappa shape index (κ3) is 3.30. The molecule has 0 bridgehead atoms. The van der Waals surface area contributed by atoms with Crippen LogP contribution in [-0.2, 0) is 14.3 Å². The van der Waals surface area contributed by atoms with E-state index in [9.17, 15) is 14.7 Å². The predicted octanol–water partition coefficient (Wildman–Crippen LogP) is 3.77. The molecule has 138 valence electrons. The van der Waals surface area contributed by atoms with E-state index in [4.69, 9.17) is 4.74 Å². The van der Waals surface area contributed by atoms with Crippen LogP contribution in [0.1, 0.15) is 52.0 Å². The second-order valence-electron chi connectivity index (χ2n) is 7.86. The summed E-state index contributed by atoms with van der Waals surface area (Å²) in [5, 5.41) is 9.94. The number of phenols is 1. The summed E-state index contributed by atoms with van der Waals surface area (Å²) >= 11 is 0. The van der Waals surface area contributed by atoms with Gasteiger partial charge in [0.15, 0.2) is 0 Å². The molecule has 2 atom stereocenters. The van der Waals surface area contributed by atoms with E-state index in [1.807, 2.05) is 6.07 Å². The number of aliphatic imine (C=N–C) groups is 1. The molecule has 0 amide bonds. The highest BCUT2D eigenvalue weighted by atomic mass is 16.5. The fourth-order valence-corrected chi connectivity index (χ4v) is 4.15. The molecule has 1 heterocycles. The largest absolute Gasteiger partial charge is 0.508 e. The minimum absolute atomic E-state index is 0.0858. The Morgan fingerprint density at radius 3 is 2.69 bits per heavy atom. The third-order valence-corrected chi connectivity index (χ3v) is 5.09. The quantitative estimate of drug-likeness (QED) is 0.837. The summed E-state index contributed by atoms with van der Waals surface area (Å²) in [4.78, 5) is 30.3. The summed E-state index contributed by atoms with van der Waals surface area (Å²) in [6, 6.07) is 6.76. The molecule has 1 aliphatic carbocycles. The van der Waals surface area contributed by atoms with Gasteiger partial charge in [0.2, 0.25) is 0 Å². The van der Waals surface area contributed by atoms with Crippen molar-refractivity contribution >= 4 is 17.5 Å². The molecule has 5 nitrogen and oxygen atoms in total. The van der Waals surface area contributed by atoms with E-state index in [-0.39, 0.29) is 23.6 Å². The van der Waals surface area contributed by atoms with Gasteiger partial charge >= 0.3 is 5.97 Å². The molecule has 1 aromatic rings. The Balaban J connectivity index is 2.17. The predicted molar refractivity (Wildman–Crippen MR) is 99.1 cm³/mol. The molecule has 0 saturated heterocycles. The van der Waals surface area contributed by atoms with Gasteiger partial charge in [-0.05, 0) is 43.4 Å². The number of fused-ring (bicyclic) bond motifs is 1. The lowest BCUT2D eigenvalue weighted by atomic mass is 9.63. The van der Waals surface area contributed by atoms with E-state index in [0.717, 1.165) is 11.3 Å². The molecule has 3 rings (SSSR count). The number of hydrogen-bond acceptors (Lipinski definition) is 5. The van der Waals surface area contributed by atoms with Gasteiger partial charge < -0.3 is 9.84 Å². The van der Waals surface area contributed by atoms with Crippen molar-refractivity contribution in [3.63, 3.8) is 0 Å². The second kappa shape index (κ2) is 6.71. The van der Waals surface area contributed by atoms with Gasteiger partial charge in [0, 0.05) is 23.7 Å². The van der Waals surface area contributed by atoms with Crippen LogP contribution in [0.4, 0.5) is 0 Å². The number of carbonyl (C=O) groups is 2. The zero-order chi connectivity index (χ0) is 19.1. The fourth-order valence-electron chi connectivity index (χ4n) is 4.15. The van der Waals surface area contributed by atoms with E-state index >= 15 is 0 Å². The highest BCUT2D eigenvalue weighted by Crippen LogP contribution is 2.47. The zero-order valence-corrected chi connectivity index (χ0v) is 15.7. The van der Waals surface area contributed by atoms with Crippen molar-refractivity contribution in [1.29, 1.82) is 0 Å². The number of benzene rings is 1. The van der Waals surface area contributed by atoms with Gasteiger partial charge in [0.05, 0.1) is 18.1 Å². The van der Waals surface area contributed by atoms with Gasteiger partial charge in [-0.3, -0.25) is 9.79 Å². The molecule has 0 unspecified atom stereocenters. The van der Waals surface area contributed by atoms with Crippen LogP contribution < -0.4 is 0 Å². The Morgan fingerprint density at radius 2 is 2.04 bits per heavy atom. The topological polar surface area (TPSA) is 76.0 Å². The molecule has 26 heavy (non-hydrogen) atoms. The Labute approximate surface area is 153 Å². The molecule has 5 heteroatoms. The van der Waals surface area contributed by atoms with Gasteiger partial charge in [-0.25, -0.2) is 4.79 Å². The summed E-state index contributed by atoms with van der Waals surface area (Å²) in [7, 11) is 0. The first-order valence-corrected chi connectivity index (χ1v) is 9.00. The van der Waals surface area contributed by atoms with Gasteiger partial charge in [-0.1, -0.05) is 26.0 Å². The number of Topliss-reactive ketones (excluding diaryl/α,β-unsaturated/α-hetero) is 1. The number of carbonyl (C=O) groups excluding carboxylic acids is 2. The maximum Gasteiger partial charge on any atom is 0.336 e. The number of aromatic hydroxyl groups is 1. The monoisotopic (exact) mass is 355 g/mol. The van der Waals surface area contributed by atoms with Crippen LogP contribution in [0.3, 0.4) is 0 Å². The first-order valence-electron chi connectivity index (χ1n) is 9.00. The normalized spacial score (nSPS) is 24.8. The number of allylic oxidation sites excluding steroid dienone is 1. The molecule has 0 aromatic heterocycles. The Kier molecular flexibility index (Phi) is 4.74. The average molecular weight is 355 g/mol. The van der Waals surface area contributed by atoms with Crippen molar-refractivity contribution < 1.29 is 19.4 Å². The first kappa shape index (κ1) is 18.4. The molecule has 1 N–H and O–H groups in total. The molecule has 1 saturated carbocycles. The molecule has 1 aromatic carbocycles. The van der Waals surface area contributed by atoms with E-state index in [0.29, 0.717) is 24.1 Å². The Hall–Kier alpha value is -2.43. The highest BCUT2D eigenvalue weighted by molar-refractivity contribution is 6.12. The van der Waals surface area contributed by atoms with E-state index in [1.54, 1.807) is 32.0 Å². The van der Waals surface area contributed by atoms with Gasteiger partial charge in [-0.15, -0.1) is 0 Å². The van der Waals surface area contributed by atoms with Crippen molar-refractivity contribution in [2.75, 3.05) is 6.61 Å². The van der Waals surface area contributed by atoms with Crippen LogP contribution in [-0.4, -0.2) is 29.2 Å². The lowest BCUT2D eigenvalue weighted by Crippen LogP contribution is -2.44. The fraction of sp³-hybridized carbons (Fsp3) is 0.476. The number of phenolic OH excluding ortho intramolecular Hbond substituents is 1. The van der Waals surface area contributed by atoms with Crippen molar-refractivity contribution in [2.24, 2.45) is 16.3 Å². The van der Waals surface area contributed by atoms with Crippen molar-refractivity contribution in [3.05, 3.63) is 41.1 Å². The molecular weight excluding hydrogens is 330 g/mol. The lowest BCUT2D eigenvalue weighted by Gasteiger charge is -2.41. The second-order valence-corrected chi connectivity index (χ2v) is 7.86. The maximum absolute atomic E-state index is 13.0. The standard InChI is InChI=1S/C21H25NO4/c1-5-26-20(25)17-12(2)22-15-10-21(3,4)11-16(24)19(15)18(17)13-7-6-8-14(23)9-13/h6-9,18-19,23H,5,10-11H2,1-4H3/t18-,19+/m1/s1. The Bertz CT molecular complexity index is 819. The Morgan fingerprint density at radius 1 is 1.31 bits per heavy atom. The van der Waals surface area contributed by atoms with Crippen LogP contribution >= 0.6 is 0 Å². The molecule has 1 aliphatic heterocycles. The number of hydrogen-bond donors (Lipinski definition) is 1. The van der Waals surface area contributed by atoms with Crippen LogP contribution in [0.15, 0.2) is 40.5 Å². The minimum Gasteiger partial charge on any atom is -0.508 e. The molecular formula is C21H25NO4. The average Bonchev–Trinajstić information content (AvgIpc) is 2.52. The first-order chi connectivity index (χ1) is 12.2. The maximum atomic E-state index is 13.0. The highest BCUT2D eigenvalue weighted by Gasteiger charge is 2.47. The van der Waals surface area contributed by atoms with Crippen LogP contribution in [0.5, 0.6) is 5.75 Å². The van der Waals surface area contributed by atoms with Crippen LogP contribution in [0.25, 0.3) is 0 Å². The van der Waals surface area contributed by atoms with Gasteiger partial charge in [0.1, 0.15) is 11.5 Å². The molecule has 0 radical (unpaired) electrons. The summed E-state index contributed by atoms with van der Waals surface area (Å²) in [6.45, 7) is 7.92. The molecule has 2 aliphatic rings. The summed E-state index contributed by atoms with van der Waals surface area (Å²) in [6.07, 6.45) is 1.16. The van der Waals surface area contributed by atoms with Crippen molar-refractivity contribution in [2.45, 2.75) is 46.5 Å². The SMILES string of the molecule is CCOC(=O)C1=C(C)N=C2CC(C)(C)CC(=O)[C@H]2[C@@H]1c1cccc(O)c1. The van der Waals surface area contributed by atoms with Crippen molar-refractivity contribution in [3.8, 4) is 5.75 Å². The molecule has 1 fully saturated rings. The van der Waals surface area contributed by atoms with Gasteiger partial charge in [-0.2, -0.15) is 0 Å². The summed E-state index contributed by atoms with van der Waals surface area (Å²) in [5.41, 5.74) is 2.42. The summed E-state index contributed by atoms with van der Waals surface area (Å²) < 4.78 is 5.25. The number of ether oxygens (including phenoxy) is 1. The zero-order valence-electron chi connectivity index (χ0n) is 15.7. The van der Waals surface area contributed by atoms with E-state index < -0.39 is 17.8 Å². The number of ketones is 1. The van der Waals surface area contributed by atoms with Gasteiger partial charge in [0.25, 0.3) is 0 Å². The smallest absolute Gasteiger partial charge is 0.336 e. The number of esters is 1.